The van der Waals surface area contributed by atoms with Gasteiger partial charge < -0.3 is 11.1 Å². The second kappa shape index (κ2) is 7.76. The summed E-state index contributed by atoms with van der Waals surface area (Å²) in [4.78, 5) is 16.9. The number of carbonyl (C=O) groups excluding carboxylic acids is 1. The number of anilines is 2. The van der Waals surface area contributed by atoms with Crippen LogP contribution in [-0.2, 0) is 4.79 Å². The lowest BCUT2D eigenvalue weighted by atomic mass is 10.1. The van der Waals surface area contributed by atoms with Gasteiger partial charge in [-0.05, 0) is 35.9 Å². The van der Waals surface area contributed by atoms with Crippen molar-refractivity contribution in [1.29, 1.82) is 0 Å². The van der Waals surface area contributed by atoms with Crippen molar-refractivity contribution in [2.75, 3.05) is 11.1 Å². The largest absolute Gasteiger partial charge is 0.398 e. The second-order valence-corrected chi connectivity index (χ2v) is 6.43. The van der Waals surface area contributed by atoms with Crippen molar-refractivity contribution in [3.63, 3.8) is 0 Å². The van der Waals surface area contributed by atoms with Crippen LogP contribution in [-0.4, -0.2) is 10.9 Å². The van der Waals surface area contributed by atoms with Crippen molar-refractivity contribution in [2.45, 2.75) is 0 Å². The van der Waals surface area contributed by atoms with E-state index in [1.54, 1.807) is 6.08 Å². The first kappa shape index (κ1) is 17.5. The molecule has 1 heterocycles. The Bertz CT molecular complexity index is 1150. The summed E-state index contributed by atoms with van der Waals surface area (Å²) in [6.07, 6.45) is 3.29. The van der Waals surface area contributed by atoms with Crippen LogP contribution in [0.5, 0.6) is 0 Å². The number of fused-ring (bicyclic) bond motifs is 1. The van der Waals surface area contributed by atoms with Crippen LogP contribution in [0.25, 0.3) is 28.2 Å². The molecule has 4 heteroatoms. The molecule has 4 aromatic rings. The van der Waals surface area contributed by atoms with Crippen molar-refractivity contribution in [2.24, 2.45) is 0 Å². The van der Waals surface area contributed by atoms with Crippen LogP contribution in [0.1, 0.15) is 5.56 Å². The molecule has 0 aliphatic rings. The van der Waals surface area contributed by atoms with E-state index in [0.29, 0.717) is 11.4 Å². The molecule has 3 aromatic carbocycles. The van der Waals surface area contributed by atoms with Crippen LogP contribution < -0.4 is 11.1 Å². The lowest BCUT2D eigenvalue weighted by Gasteiger charge is -2.09. The fourth-order valence-corrected chi connectivity index (χ4v) is 3.01. The van der Waals surface area contributed by atoms with Crippen molar-refractivity contribution in [3.05, 3.63) is 96.6 Å². The Morgan fingerprint density at radius 1 is 0.893 bits per heavy atom. The molecular weight excluding hydrogens is 346 g/mol. The van der Waals surface area contributed by atoms with Crippen molar-refractivity contribution in [1.82, 2.24) is 4.98 Å². The predicted molar refractivity (Wildman–Crippen MR) is 116 cm³/mol. The summed E-state index contributed by atoms with van der Waals surface area (Å²) in [6.45, 7) is 0. The fourth-order valence-electron chi connectivity index (χ4n) is 3.01. The van der Waals surface area contributed by atoms with Gasteiger partial charge in [0.05, 0.1) is 11.2 Å². The molecule has 0 radical (unpaired) electrons. The molecule has 0 bridgehead atoms. The molecule has 0 atom stereocenters. The molecular formula is C24H19N3O. The lowest BCUT2D eigenvalue weighted by Crippen LogP contribution is -2.07. The van der Waals surface area contributed by atoms with Crippen molar-refractivity contribution < 1.29 is 4.79 Å². The van der Waals surface area contributed by atoms with E-state index >= 15 is 0 Å². The zero-order valence-corrected chi connectivity index (χ0v) is 15.2. The molecule has 0 saturated carbocycles. The highest BCUT2D eigenvalue weighted by atomic mass is 16.1. The van der Waals surface area contributed by atoms with Gasteiger partial charge in [0.15, 0.2) is 0 Å². The van der Waals surface area contributed by atoms with E-state index in [1.807, 2.05) is 84.9 Å². The maximum Gasteiger partial charge on any atom is 0.248 e. The molecule has 3 N–H and O–H groups in total. The Morgan fingerprint density at radius 2 is 1.61 bits per heavy atom. The molecule has 0 aliphatic carbocycles. The highest BCUT2D eigenvalue weighted by Crippen LogP contribution is 2.28. The van der Waals surface area contributed by atoms with E-state index < -0.39 is 0 Å². The Morgan fingerprint density at radius 3 is 2.36 bits per heavy atom. The minimum absolute atomic E-state index is 0.198. The molecule has 4 nitrogen and oxygen atoms in total. The quantitative estimate of drug-likeness (QED) is 0.492. The number of nitrogens with one attached hydrogen (secondary N) is 1. The van der Waals surface area contributed by atoms with Crippen LogP contribution in [0, 0.1) is 0 Å². The molecule has 0 unspecified atom stereocenters. The Kier molecular flexibility index (Phi) is 4.85. The number of amides is 1. The van der Waals surface area contributed by atoms with Crippen LogP contribution in [0.3, 0.4) is 0 Å². The Labute approximate surface area is 163 Å². The third kappa shape index (κ3) is 3.91. The van der Waals surface area contributed by atoms with Crippen molar-refractivity contribution >= 4 is 34.3 Å². The zero-order valence-electron chi connectivity index (χ0n) is 15.2. The monoisotopic (exact) mass is 365 g/mol. The maximum absolute atomic E-state index is 12.2. The van der Waals surface area contributed by atoms with Crippen LogP contribution in [0.2, 0.25) is 0 Å². The van der Waals surface area contributed by atoms with Gasteiger partial charge in [-0.15, -0.1) is 0 Å². The third-order valence-corrected chi connectivity index (χ3v) is 4.40. The third-order valence-electron chi connectivity index (χ3n) is 4.40. The van der Waals surface area contributed by atoms with Gasteiger partial charge in [0, 0.05) is 28.4 Å². The fraction of sp³-hybridized carbons (Fsp3) is 0. The van der Waals surface area contributed by atoms with Crippen molar-refractivity contribution in [3.8, 4) is 11.3 Å². The highest BCUT2D eigenvalue weighted by molar-refractivity contribution is 6.04. The number of hydrogen-bond acceptors (Lipinski definition) is 3. The van der Waals surface area contributed by atoms with Gasteiger partial charge in [-0.3, -0.25) is 4.79 Å². The molecule has 136 valence electrons. The van der Waals surface area contributed by atoms with Gasteiger partial charge in [0.1, 0.15) is 0 Å². The molecule has 0 fully saturated rings. The number of carbonyl (C=O) groups is 1. The number of nitrogens with two attached hydrogens (primary N) is 1. The van der Waals surface area contributed by atoms with Crippen LogP contribution in [0.15, 0.2) is 91.0 Å². The smallest absolute Gasteiger partial charge is 0.248 e. The number of aromatic nitrogens is 1. The van der Waals surface area contributed by atoms with Crippen LogP contribution >= 0.6 is 0 Å². The number of pyridine rings is 1. The first-order valence-corrected chi connectivity index (χ1v) is 8.99. The molecule has 4 rings (SSSR count). The first-order chi connectivity index (χ1) is 13.7. The number of hydrogen-bond donors (Lipinski definition) is 2. The topological polar surface area (TPSA) is 68.0 Å². The predicted octanol–water partition coefficient (Wildman–Crippen LogP) is 5.14. The first-order valence-electron chi connectivity index (χ1n) is 8.99. The van der Waals surface area contributed by atoms with E-state index in [2.05, 4.69) is 5.32 Å². The number of nitrogen functional groups attached to an aromatic ring is 1. The SMILES string of the molecule is Nc1cc(-c2ccccc2)nc2ccc(NC(=O)/C=C/c3ccccc3)cc12. The molecule has 1 amide bonds. The molecule has 28 heavy (non-hydrogen) atoms. The van der Waals surface area contributed by atoms with E-state index in [4.69, 9.17) is 10.7 Å². The lowest BCUT2D eigenvalue weighted by molar-refractivity contribution is -0.111. The summed E-state index contributed by atoms with van der Waals surface area (Å²) in [5.41, 5.74) is 11.2. The summed E-state index contributed by atoms with van der Waals surface area (Å²) in [6, 6.07) is 27.0. The Hall–Kier alpha value is -3.92. The number of nitrogens with zero attached hydrogens (tertiary/aromatic N) is 1. The summed E-state index contributed by atoms with van der Waals surface area (Å²) >= 11 is 0. The zero-order chi connectivity index (χ0) is 19.3. The average molecular weight is 365 g/mol. The Balaban J connectivity index is 1.57. The minimum atomic E-state index is -0.198. The summed E-state index contributed by atoms with van der Waals surface area (Å²) < 4.78 is 0. The second-order valence-electron chi connectivity index (χ2n) is 6.43. The maximum atomic E-state index is 12.2. The van der Waals surface area contributed by atoms with Crippen LogP contribution in [0.4, 0.5) is 11.4 Å². The van der Waals surface area contributed by atoms with E-state index in [0.717, 1.165) is 27.7 Å². The summed E-state index contributed by atoms with van der Waals surface area (Å²) in [5, 5.41) is 3.68. The standard InChI is InChI=1S/C24H19N3O/c25-21-16-23(18-9-5-2-6-10-18)27-22-13-12-19(15-20(21)22)26-24(28)14-11-17-7-3-1-4-8-17/h1-16H,(H2,25,27)(H,26,28)/b14-11+. The van der Waals surface area contributed by atoms with Gasteiger partial charge in [-0.25, -0.2) is 4.98 Å². The van der Waals surface area contributed by atoms with Gasteiger partial charge >= 0.3 is 0 Å². The normalized spacial score (nSPS) is 11.0. The summed E-state index contributed by atoms with van der Waals surface area (Å²) in [5.74, 6) is -0.198. The minimum Gasteiger partial charge on any atom is -0.398 e. The number of benzene rings is 3. The molecule has 0 aliphatic heterocycles. The number of rotatable bonds is 4. The average Bonchev–Trinajstić information content (AvgIpc) is 2.74. The highest BCUT2D eigenvalue weighted by Gasteiger charge is 2.07. The molecule has 0 saturated heterocycles. The van der Waals surface area contributed by atoms with Gasteiger partial charge in [0.2, 0.25) is 5.91 Å². The summed E-state index contributed by atoms with van der Waals surface area (Å²) in [7, 11) is 0. The van der Waals surface area contributed by atoms with E-state index in [9.17, 15) is 4.79 Å². The van der Waals surface area contributed by atoms with Gasteiger partial charge in [-0.2, -0.15) is 0 Å². The van der Waals surface area contributed by atoms with Gasteiger partial charge in [0.25, 0.3) is 0 Å². The van der Waals surface area contributed by atoms with E-state index in [-0.39, 0.29) is 5.91 Å². The van der Waals surface area contributed by atoms with Gasteiger partial charge in [-0.1, -0.05) is 60.7 Å². The van der Waals surface area contributed by atoms with E-state index in [1.165, 1.54) is 6.08 Å². The molecule has 0 spiro atoms. The molecule has 1 aromatic heterocycles.